The second-order valence-corrected chi connectivity index (χ2v) is 7.49. The molecule has 1 aromatic carbocycles. The van der Waals surface area contributed by atoms with Crippen LogP contribution in [0.2, 0.25) is 5.15 Å². The standard InChI is InChI=1S/C13H12BrClN4O3S/c1-8-2-4-9(5-3-8)23(21,22)18-13-10(14)6-11(15)17-19(13)7-12(16)20/h2-6H,7H2,1H3,(H2,16,20). The molecule has 1 amide bonds. The molecule has 0 saturated carbocycles. The minimum atomic E-state index is -3.98. The normalized spacial score (nSPS) is 12.4. The smallest absolute Gasteiger partial charge is 0.284 e. The Morgan fingerprint density at radius 2 is 2.00 bits per heavy atom. The van der Waals surface area contributed by atoms with Crippen molar-refractivity contribution in [3.8, 4) is 0 Å². The van der Waals surface area contributed by atoms with E-state index in [0.29, 0.717) is 0 Å². The number of carbonyl (C=O) groups excluding carboxylic acids is 1. The molecule has 0 atom stereocenters. The third-order valence-electron chi connectivity index (χ3n) is 2.75. The van der Waals surface area contributed by atoms with Gasteiger partial charge in [0.1, 0.15) is 6.54 Å². The van der Waals surface area contributed by atoms with E-state index in [1.807, 2.05) is 6.92 Å². The lowest BCUT2D eigenvalue weighted by Crippen LogP contribution is -2.32. The number of carbonyl (C=O) groups is 1. The highest BCUT2D eigenvalue weighted by molar-refractivity contribution is 9.10. The molecule has 2 aromatic rings. The summed E-state index contributed by atoms with van der Waals surface area (Å²) in [4.78, 5) is 11.2. The van der Waals surface area contributed by atoms with Gasteiger partial charge < -0.3 is 5.73 Å². The maximum atomic E-state index is 12.4. The van der Waals surface area contributed by atoms with Crippen molar-refractivity contribution < 1.29 is 13.2 Å². The van der Waals surface area contributed by atoms with E-state index in [2.05, 4.69) is 25.4 Å². The molecular formula is C13H12BrClN4O3S. The van der Waals surface area contributed by atoms with Gasteiger partial charge in [-0.1, -0.05) is 29.3 Å². The van der Waals surface area contributed by atoms with Crippen LogP contribution in [-0.4, -0.2) is 24.1 Å². The van der Waals surface area contributed by atoms with Crippen LogP contribution in [0.5, 0.6) is 0 Å². The SMILES string of the molecule is Cc1ccc(S(=O)(=O)N=c2c(Br)cc(Cl)nn2CC(N)=O)cc1. The van der Waals surface area contributed by atoms with Crippen LogP contribution in [-0.2, 0) is 21.4 Å². The maximum Gasteiger partial charge on any atom is 0.284 e. The van der Waals surface area contributed by atoms with Crippen LogP contribution in [0, 0.1) is 6.92 Å². The molecule has 2 rings (SSSR count). The fourth-order valence-corrected chi connectivity index (χ4v) is 3.67. The van der Waals surface area contributed by atoms with E-state index in [0.717, 1.165) is 10.2 Å². The predicted octanol–water partition coefficient (Wildman–Crippen LogP) is 1.38. The van der Waals surface area contributed by atoms with Gasteiger partial charge in [0.05, 0.1) is 9.37 Å². The Morgan fingerprint density at radius 1 is 1.39 bits per heavy atom. The van der Waals surface area contributed by atoms with E-state index in [1.54, 1.807) is 12.1 Å². The third-order valence-corrected chi connectivity index (χ3v) is 4.80. The van der Waals surface area contributed by atoms with Crippen molar-refractivity contribution in [2.45, 2.75) is 18.4 Å². The average molecular weight is 420 g/mol. The van der Waals surface area contributed by atoms with Gasteiger partial charge in [0.25, 0.3) is 10.0 Å². The van der Waals surface area contributed by atoms with E-state index in [-0.39, 0.29) is 26.6 Å². The predicted molar refractivity (Wildman–Crippen MR) is 88.1 cm³/mol. The highest BCUT2D eigenvalue weighted by atomic mass is 79.9. The number of nitrogens with two attached hydrogens (primary N) is 1. The number of sulfonamides is 1. The molecule has 1 heterocycles. The maximum absolute atomic E-state index is 12.4. The third kappa shape index (κ3) is 4.40. The van der Waals surface area contributed by atoms with Crippen molar-refractivity contribution >= 4 is 43.5 Å². The van der Waals surface area contributed by atoms with Crippen molar-refractivity contribution in [1.82, 2.24) is 9.78 Å². The Kier molecular flexibility index (Phi) is 5.23. The van der Waals surface area contributed by atoms with Gasteiger partial charge in [-0.2, -0.15) is 13.5 Å². The van der Waals surface area contributed by atoms with Gasteiger partial charge >= 0.3 is 0 Å². The van der Waals surface area contributed by atoms with Gasteiger partial charge in [-0.25, -0.2) is 4.68 Å². The van der Waals surface area contributed by atoms with E-state index >= 15 is 0 Å². The largest absolute Gasteiger partial charge is 0.368 e. The molecule has 0 aliphatic rings. The number of halogens is 2. The second-order valence-electron chi connectivity index (χ2n) is 4.64. The quantitative estimate of drug-likeness (QED) is 0.807. The fraction of sp³-hybridized carbons (Fsp3) is 0.154. The zero-order valence-corrected chi connectivity index (χ0v) is 15.1. The molecule has 23 heavy (non-hydrogen) atoms. The number of rotatable bonds is 4. The van der Waals surface area contributed by atoms with Gasteiger partial charge in [0.2, 0.25) is 5.91 Å². The molecule has 122 valence electrons. The minimum absolute atomic E-state index is 0.0237. The minimum Gasteiger partial charge on any atom is -0.368 e. The van der Waals surface area contributed by atoms with Crippen LogP contribution >= 0.6 is 27.5 Å². The highest BCUT2D eigenvalue weighted by Gasteiger charge is 2.15. The summed E-state index contributed by atoms with van der Waals surface area (Å²) in [6, 6.07) is 7.60. The van der Waals surface area contributed by atoms with Crippen molar-refractivity contribution in [3.63, 3.8) is 0 Å². The molecule has 2 N–H and O–H groups in total. The van der Waals surface area contributed by atoms with E-state index in [1.165, 1.54) is 18.2 Å². The van der Waals surface area contributed by atoms with E-state index in [9.17, 15) is 13.2 Å². The number of amides is 1. The molecular weight excluding hydrogens is 408 g/mol. The molecule has 0 spiro atoms. The van der Waals surface area contributed by atoms with E-state index < -0.39 is 15.9 Å². The molecule has 7 nitrogen and oxygen atoms in total. The van der Waals surface area contributed by atoms with Crippen LogP contribution < -0.4 is 11.2 Å². The first-order chi connectivity index (χ1) is 10.7. The van der Waals surface area contributed by atoms with Crippen molar-refractivity contribution in [2.75, 3.05) is 0 Å². The summed E-state index contributed by atoms with van der Waals surface area (Å²) in [5.74, 6) is -0.708. The lowest BCUT2D eigenvalue weighted by molar-refractivity contribution is -0.118. The van der Waals surface area contributed by atoms with E-state index in [4.69, 9.17) is 17.3 Å². The number of primary amides is 1. The number of aromatic nitrogens is 2. The summed E-state index contributed by atoms with van der Waals surface area (Å²) in [6.07, 6.45) is 0. The molecule has 0 saturated heterocycles. The number of aryl methyl sites for hydroxylation is 1. The molecule has 0 unspecified atom stereocenters. The number of nitrogens with zero attached hydrogens (tertiary/aromatic N) is 3. The Labute approximate surface area is 146 Å². The molecule has 0 aliphatic carbocycles. The first-order valence-electron chi connectivity index (χ1n) is 6.28. The van der Waals surface area contributed by atoms with Gasteiger partial charge in [0.15, 0.2) is 10.6 Å². The highest BCUT2D eigenvalue weighted by Crippen LogP contribution is 2.14. The van der Waals surface area contributed by atoms with Crippen LogP contribution in [0.1, 0.15) is 5.56 Å². The summed E-state index contributed by atoms with van der Waals surface area (Å²) in [5.41, 5.74) is 5.98. The number of hydrogen-bond acceptors (Lipinski definition) is 4. The molecule has 0 aliphatic heterocycles. The first-order valence-corrected chi connectivity index (χ1v) is 8.89. The Morgan fingerprint density at radius 3 is 2.57 bits per heavy atom. The molecule has 1 aromatic heterocycles. The molecule has 0 bridgehead atoms. The zero-order valence-electron chi connectivity index (χ0n) is 11.9. The summed E-state index contributed by atoms with van der Waals surface area (Å²) in [5, 5.41) is 3.92. The Hall–Kier alpha value is -1.71. The van der Waals surface area contributed by atoms with Crippen molar-refractivity contribution in [3.05, 3.63) is 51.0 Å². The van der Waals surface area contributed by atoms with Crippen molar-refractivity contribution in [2.24, 2.45) is 10.1 Å². The molecule has 0 radical (unpaired) electrons. The topological polar surface area (TPSA) is 107 Å². The Balaban J connectivity index is 2.66. The number of benzene rings is 1. The molecule has 0 fully saturated rings. The van der Waals surface area contributed by atoms with Crippen molar-refractivity contribution in [1.29, 1.82) is 0 Å². The summed E-state index contributed by atoms with van der Waals surface area (Å²) in [7, 11) is -3.98. The van der Waals surface area contributed by atoms with Crippen LogP contribution in [0.15, 0.2) is 44.1 Å². The van der Waals surface area contributed by atoms with Gasteiger partial charge in [0, 0.05) is 0 Å². The average Bonchev–Trinajstić information content (AvgIpc) is 2.42. The monoisotopic (exact) mass is 418 g/mol. The van der Waals surface area contributed by atoms with Crippen LogP contribution in [0.3, 0.4) is 0 Å². The Bertz CT molecular complexity index is 923. The van der Waals surface area contributed by atoms with Gasteiger partial charge in [-0.3, -0.25) is 4.79 Å². The fourth-order valence-electron chi connectivity index (χ4n) is 1.71. The molecule has 10 heteroatoms. The number of hydrogen-bond donors (Lipinski definition) is 1. The summed E-state index contributed by atoms with van der Waals surface area (Å²) < 4.78 is 29.9. The lowest BCUT2D eigenvalue weighted by Gasteiger charge is -2.06. The lowest BCUT2D eigenvalue weighted by atomic mass is 10.2. The second kappa shape index (κ2) is 6.81. The van der Waals surface area contributed by atoms with Gasteiger partial charge in [-0.05, 0) is 41.1 Å². The van der Waals surface area contributed by atoms with Crippen LogP contribution in [0.4, 0.5) is 0 Å². The summed E-state index contributed by atoms with van der Waals surface area (Å²) >= 11 is 8.98. The summed E-state index contributed by atoms with van der Waals surface area (Å²) in [6.45, 7) is 1.48. The first kappa shape index (κ1) is 17.6. The zero-order chi connectivity index (χ0) is 17.2. The van der Waals surface area contributed by atoms with Gasteiger partial charge in [-0.15, -0.1) is 4.40 Å². The van der Waals surface area contributed by atoms with Crippen LogP contribution in [0.25, 0.3) is 0 Å².